The van der Waals surface area contributed by atoms with Gasteiger partial charge in [-0.25, -0.2) is 9.18 Å². The first kappa shape index (κ1) is 41.6. The topological polar surface area (TPSA) is 229 Å². The minimum Gasteiger partial charge on any atom is -0.508 e. The van der Waals surface area contributed by atoms with Crippen LogP contribution in [-0.2, 0) is 48.0 Å². The molecule has 2 unspecified atom stereocenters. The van der Waals surface area contributed by atoms with Crippen molar-refractivity contribution in [3.05, 3.63) is 101 Å². The summed E-state index contributed by atoms with van der Waals surface area (Å²) in [5, 5.41) is 32.5. The van der Waals surface area contributed by atoms with Gasteiger partial charge in [-0.1, -0.05) is 76.2 Å². The number of rotatable bonds is 11. The second kappa shape index (κ2) is 19.3. The van der Waals surface area contributed by atoms with E-state index in [2.05, 4.69) is 26.6 Å². The Balaban J connectivity index is 1.59. The van der Waals surface area contributed by atoms with Crippen molar-refractivity contribution >= 4 is 57.1 Å². The summed E-state index contributed by atoms with van der Waals surface area (Å²) < 4.78 is 12.6. The van der Waals surface area contributed by atoms with Crippen LogP contribution in [0.1, 0.15) is 30.5 Å². The summed E-state index contributed by atoms with van der Waals surface area (Å²) >= 11 is 0. The number of carbonyl (C=O) groups excluding carboxylic acids is 5. The van der Waals surface area contributed by atoms with E-state index in [1.54, 1.807) is 56.3 Å². The lowest BCUT2D eigenvalue weighted by Crippen LogP contribution is -2.61. The molecule has 3 aromatic carbocycles. The summed E-state index contributed by atoms with van der Waals surface area (Å²) in [6, 6.07) is 13.8. The number of hydrogen-bond acceptors (Lipinski definition) is 10. The normalized spacial score (nSPS) is 20.5. The van der Waals surface area contributed by atoms with Crippen LogP contribution in [0.2, 0.25) is 0 Å². The van der Waals surface area contributed by atoms with E-state index < -0.39 is 82.8 Å². The van der Waals surface area contributed by atoms with Gasteiger partial charge < -0.3 is 42.5 Å². The molecule has 1 heterocycles. The van der Waals surface area contributed by atoms with Gasteiger partial charge in [0.05, 0.1) is 12.6 Å². The summed E-state index contributed by atoms with van der Waals surface area (Å²) in [4.78, 5) is 79.8. The molecule has 1 aliphatic heterocycles. The van der Waals surface area contributed by atoms with Crippen LogP contribution in [0.15, 0.2) is 78.9 Å². The summed E-state index contributed by atoms with van der Waals surface area (Å²) in [7, 11) is 2.22. The predicted molar refractivity (Wildman–Crippen MR) is 203 cm³/mol. The lowest BCUT2D eigenvalue weighted by atomic mass is 10.0. The number of carboxylic acids is 1. The monoisotopic (exact) mass is 782 g/mol. The van der Waals surface area contributed by atoms with Crippen molar-refractivity contribution in [2.75, 3.05) is 12.3 Å². The van der Waals surface area contributed by atoms with Gasteiger partial charge in [-0.05, 0) is 61.2 Å². The van der Waals surface area contributed by atoms with Gasteiger partial charge in [0.25, 0.3) is 0 Å². The van der Waals surface area contributed by atoms with E-state index in [4.69, 9.17) is 5.73 Å². The fourth-order valence-electron chi connectivity index (χ4n) is 5.44. The second-order valence-corrected chi connectivity index (χ2v) is 16.2. The van der Waals surface area contributed by atoms with E-state index in [-0.39, 0.29) is 30.8 Å². The van der Waals surface area contributed by atoms with Crippen LogP contribution in [0.4, 0.5) is 4.39 Å². The molecule has 0 aromatic heterocycles. The summed E-state index contributed by atoms with van der Waals surface area (Å²) in [5.74, 6) is -5.61. The van der Waals surface area contributed by atoms with Gasteiger partial charge in [0.15, 0.2) is 0 Å². The molecule has 17 heteroatoms. The minimum atomic E-state index is -1.34. The van der Waals surface area contributed by atoms with E-state index in [1.807, 2.05) is 0 Å². The van der Waals surface area contributed by atoms with Crippen LogP contribution in [0.25, 0.3) is 0 Å². The standard InChI is InChI=1S/C37H43FN6O8S2/c1-37(2)31(44-32(47)26(39)16-22-10-14-25(45)15-11-22)35(50)40-19-30(46)41-27(17-23-8-12-24(38)13-9-23)33(48)43-29(20-53-54-37)34(49)42-28(36(51)52)18-21-6-4-3-5-7-21/h3-15,26-29,31,45H,16-20,39H2,1-2H3,(H,40,50)(H,41,46)(H,42,49)(H,43,48)(H,44,47)(H,51,52)/t26-,27?,28-,29?,31-/m0/s1. The van der Waals surface area contributed by atoms with Crippen LogP contribution in [-0.4, -0.2) is 93.0 Å². The summed E-state index contributed by atoms with van der Waals surface area (Å²) in [6.07, 6.45) is -0.0523. The number of aromatic hydroxyl groups is 1. The Kier molecular flexibility index (Phi) is 14.9. The van der Waals surface area contributed by atoms with E-state index in [0.717, 1.165) is 21.6 Å². The molecule has 5 atom stereocenters. The number of hydrogen-bond donors (Lipinski definition) is 8. The Morgan fingerprint density at radius 2 is 1.54 bits per heavy atom. The van der Waals surface area contributed by atoms with Gasteiger partial charge in [-0.3, -0.25) is 24.0 Å². The van der Waals surface area contributed by atoms with E-state index in [0.29, 0.717) is 16.7 Å². The Hall–Kier alpha value is -5.13. The smallest absolute Gasteiger partial charge is 0.326 e. The number of aliphatic carboxylic acids is 1. The molecule has 4 rings (SSSR count). The zero-order valence-corrected chi connectivity index (χ0v) is 31.2. The Morgan fingerprint density at radius 3 is 2.19 bits per heavy atom. The highest BCUT2D eigenvalue weighted by Crippen LogP contribution is 2.39. The maximum Gasteiger partial charge on any atom is 0.326 e. The lowest BCUT2D eigenvalue weighted by molar-refractivity contribution is -0.142. The van der Waals surface area contributed by atoms with E-state index in [1.165, 1.54) is 36.4 Å². The van der Waals surface area contributed by atoms with Crippen LogP contribution < -0.4 is 32.3 Å². The maximum atomic E-state index is 13.7. The molecule has 5 amide bonds. The Bertz CT molecular complexity index is 1800. The number of amides is 5. The molecule has 54 heavy (non-hydrogen) atoms. The average Bonchev–Trinajstić information content (AvgIpc) is 3.13. The number of carboxylic acid groups (broad SMARTS) is 1. The van der Waals surface area contributed by atoms with Gasteiger partial charge in [-0.15, -0.1) is 0 Å². The lowest BCUT2D eigenvalue weighted by Gasteiger charge is -2.34. The molecule has 9 N–H and O–H groups in total. The van der Waals surface area contributed by atoms with Crippen molar-refractivity contribution in [3.63, 3.8) is 0 Å². The third-order valence-corrected chi connectivity index (χ3v) is 11.7. The predicted octanol–water partition coefficient (Wildman–Crippen LogP) is 1.20. The van der Waals surface area contributed by atoms with Crippen LogP contribution in [0, 0.1) is 5.82 Å². The molecule has 288 valence electrons. The number of halogens is 1. The fraction of sp³-hybridized carbons (Fsp3) is 0.351. The largest absolute Gasteiger partial charge is 0.508 e. The molecule has 1 fully saturated rings. The molecule has 0 aliphatic carbocycles. The third-order valence-electron chi connectivity index (χ3n) is 8.44. The minimum absolute atomic E-state index is 0.0356. The van der Waals surface area contributed by atoms with Crippen molar-refractivity contribution in [3.8, 4) is 5.75 Å². The van der Waals surface area contributed by atoms with Gasteiger partial charge in [-0.2, -0.15) is 0 Å². The average molecular weight is 783 g/mol. The summed E-state index contributed by atoms with van der Waals surface area (Å²) in [5.41, 5.74) is 8.01. The van der Waals surface area contributed by atoms with Crippen LogP contribution >= 0.6 is 21.6 Å². The Labute approximate surface area is 319 Å². The number of benzene rings is 3. The van der Waals surface area contributed by atoms with Crippen LogP contribution in [0.5, 0.6) is 5.75 Å². The third kappa shape index (κ3) is 12.5. The van der Waals surface area contributed by atoms with Gasteiger partial charge in [0.1, 0.15) is 35.7 Å². The first-order valence-electron chi connectivity index (χ1n) is 16.9. The molecule has 0 spiro atoms. The van der Waals surface area contributed by atoms with Crippen LogP contribution in [0.3, 0.4) is 0 Å². The van der Waals surface area contributed by atoms with Gasteiger partial charge in [0, 0.05) is 23.3 Å². The molecule has 0 bridgehead atoms. The second-order valence-electron chi connectivity index (χ2n) is 13.2. The maximum absolute atomic E-state index is 13.7. The SMILES string of the molecule is CC1(C)SSCC(C(=O)N[C@@H](Cc2ccccc2)C(=O)O)NC(=O)C(Cc2ccc(F)cc2)NC(=O)CNC(=O)[C@@H]1NC(=O)[C@@H](N)Cc1ccc(O)cc1. The van der Waals surface area contributed by atoms with Gasteiger partial charge >= 0.3 is 5.97 Å². The molecule has 0 saturated carbocycles. The number of phenols is 1. The zero-order chi connectivity index (χ0) is 39.4. The van der Waals surface area contributed by atoms with Crippen molar-refractivity contribution in [2.45, 2.75) is 68.1 Å². The Morgan fingerprint density at radius 1 is 0.907 bits per heavy atom. The van der Waals surface area contributed by atoms with E-state index >= 15 is 0 Å². The summed E-state index contributed by atoms with van der Waals surface area (Å²) in [6.45, 7) is 2.74. The quantitative estimate of drug-likeness (QED) is 0.129. The molecule has 3 aromatic rings. The highest BCUT2D eigenvalue weighted by atomic mass is 33.1. The fourth-order valence-corrected chi connectivity index (χ4v) is 8.26. The first-order chi connectivity index (χ1) is 25.6. The van der Waals surface area contributed by atoms with Crippen molar-refractivity contribution in [1.29, 1.82) is 0 Å². The van der Waals surface area contributed by atoms with Crippen molar-refractivity contribution in [2.24, 2.45) is 5.73 Å². The number of nitrogens with two attached hydrogens (primary N) is 1. The molecule has 0 radical (unpaired) electrons. The molecular weight excluding hydrogens is 740 g/mol. The van der Waals surface area contributed by atoms with Gasteiger partial charge in [0.2, 0.25) is 29.5 Å². The zero-order valence-electron chi connectivity index (χ0n) is 29.5. The highest BCUT2D eigenvalue weighted by Gasteiger charge is 2.40. The highest BCUT2D eigenvalue weighted by molar-refractivity contribution is 8.77. The van der Waals surface area contributed by atoms with Crippen molar-refractivity contribution in [1.82, 2.24) is 26.6 Å². The number of nitrogens with one attached hydrogen (secondary N) is 5. The number of phenolic OH excluding ortho intramolecular Hbond substituents is 1. The van der Waals surface area contributed by atoms with Crippen molar-refractivity contribution < 1.29 is 43.4 Å². The van der Waals surface area contributed by atoms with E-state index in [9.17, 15) is 43.4 Å². The molecule has 1 saturated heterocycles. The molecular formula is C37H43FN6O8S2. The molecule has 14 nitrogen and oxygen atoms in total. The first-order valence-corrected chi connectivity index (χ1v) is 19.3. The molecule has 1 aliphatic rings. The number of carbonyl (C=O) groups is 6.